The van der Waals surface area contributed by atoms with E-state index in [1.807, 2.05) is 91.0 Å². The van der Waals surface area contributed by atoms with Gasteiger partial charge in [-0.3, -0.25) is 0 Å². The van der Waals surface area contributed by atoms with Crippen molar-refractivity contribution in [2.24, 2.45) is 0 Å². The zero-order chi connectivity index (χ0) is 22.6. The fraction of sp³-hybridized carbons (Fsp3) is 0.308. The van der Waals surface area contributed by atoms with E-state index in [2.05, 4.69) is 0 Å². The molecule has 1 heterocycles. The maximum Gasteiger partial charge on any atom is 0.186 e. The Kier molecular flexibility index (Phi) is 7.01. The largest absolute Gasteiger partial charge is 0.387 e. The van der Waals surface area contributed by atoms with Crippen LogP contribution in [0.15, 0.2) is 91.0 Å². The Bertz CT molecular complexity index is 867. The Morgan fingerprint density at radius 3 is 1.53 bits per heavy atom. The van der Waals surface area contributed by atoms with Crippen LogP contribution in [-0.4, -0.2) is 59.7 Å². The fourth-order valence-corrected chi connectivity index (χ4v) is 4.22. The molecule has 3 N–H and O–H groups in total. The molecule has 0 bridgehead atoms. The van der Waals surface area contributed by atoms with Gasteiger partial charge >= 0.3 is 0 Å². The predicted octanol–water partition coefficient (Wildman–Crippen LogP) is 2.45. The van der Waals surface area contributed by atoms with Gasteiger partial charge in [-0.1, -0.05) is 91.0 Å². The molecule has 6 nitrogen and oxygen atoms in total. The molecule has 1 saturated heterocycles. The van der Waals surface area contributed by atoms with Crippen LogP contribution in [0.5, 0.6) is 0 Å². The molecule has 0 spiro atoms. The Hall–Kier alpha value is -2.58. The van der Waals surface area contributed by atoms with Crippen molar-refractivity contribution in [1.82, 2.24) is 0 Å². The van der Waals surface area contributed by atoms with Gasteiger partial charge in [-0.05, 0) is 16.7 Å². The Balaban J connectivity index is 1.77. The van der Waals surface area contributed by atoms with Gasteiger partial charge in [-0.2, -0.15) is 0 Å². The van der Waals surface area contributed by atoms with Crippen LogP contribution in [0, 0.1) is 0 Å². The molecule has 0 aromatic heterocycles. The van der Waals surface area contributed by atoms with E-state index in [4.69, 9.17) is 14.2 Å². The van der Waals surface area contributed by atoms with E-state index < -0.39 is 36.3 Å². The molecule has 4 rings (SSSR count). The molecule has 0 radical (unpaired) electrons. The minimum absolute atomic E-state index is 0.0521. The van der Waals surface area contributed by atoms with Gasteiger partial charge < -0.3 is 29.5 Å². The van der Waals surface area contributed by atoms with E-state index in [0.29, 0.717) is 0 Å². The number of hydrogen-bond acceptors (Lipinski definition) is 6. The van der Waals surface area contributed by atoms with Crippen molar-refractivity contribution < 1.29 is 29.5 Å². The predicted molar refractivity (Wildman–Crippen MR) is 119 cm³/mol. The maximum atomic E-state index is 10.6. The molecule has 168 valence electrons. The number of benzene rings is 3. The lowest BCUT2D eigenvalue weighted by Gasteiger charge is -2.42. The summed E-state index contributed by atoms with van der Waals surface area (Å²) in [5.74, 6) is 0. The van der Waals surface area contributed by atoms with Gasteiger partial charge in [-0.15, -0.1) is 0 Å². The van der Waals surface area contributed by atoms with E-state index in [1.54, 1.807) is 0 Å². The number of ether oxygens (including phenoxy) is 3. The van der Waals surface area contributed by atoms with Crippen molar-refractivity contribution >= 4 is 0 Å². The summed E-state index contributed by atoms with van der Waals surface area (Å²) in [4.78, 5) is 0. The van der Waals surface area contributed by atoms with Crippen molar-refractivity contribution in [2.45, 2.75) is 36.3 Å². The van der Waals surface area contributed by atoms with E-state index in [1.165, 1.54) is 7.11 Å². The number of rotatable bonds is 7. The first kappa shape index (κ1) is 22.6. The summed E-state index contributed by atoms with van der Waals surface area (Å²) in [6.07, 6.45) is -6.08. The second kappa shape index (κ2) is 9.92. The molecule has 1 aliphatic heterocycles. The molecule has 0 saturated carbocycles. The number of hydrogen-bond donors (Lipinski definition) is 3. The third kappa shape index (κ3) is 4.21. The number of methoxy groups -OCH3 is 1. The molecule has 3 aromatic carbocycles. The first-order valence-electron chi connectivity index (χ1n) is 10.6. The minimum atomic E-state index is -1.41. The molecule has 1 fully saturated rings. The molecular weight excluding hydrogens is 408 g/mol. The maximum absolute atomic E-state index is 10.6. The van der Waals surface area contributed by atoms with Gasteiger partial charge in [0, 0.05) is 7.11 Å². The van der Waals surface area contributed by atoms with Crippen molar-refractivity contribution in [3.05, 3.63) is 108 Å². The molecule has 1 aliphatic rings. The average Bonchev–Trinajstić information content (AvgIpc) is 2.86. The van der Waals surface area contributed by atoms with E-state index in [9.17, 15) is 15.3 Å². The standard InChI is InChI=1S/C26H28O6/c1-30-25-24(29)23(28)22(27)21(32-25)17-31-26(18-11-5-2-6-12-18,19-13-7-3-8-14-19)20-15-9-4-10-16-20/h2-16,21-25,27-29H,17H2,1H3/t21-,22+,23-,24-,25+/m1/s1. The lowest BCUT2D eigenvalue weighted by molar-refractivity contribution is -0.299. The Morgan fingerprint density at radius 2 is 1.12 bits per heavy atom. The van der Waals surface area contributed by atoms with Crippen LogP contribution in [0.4, 0.5) is 0 Å². The van der Waals surface area contributed by atoms with Gasteiger partial charge in [0.1, 0.15) is 30.0 Å². The fourth-order valence-electron chi connectivity index (χ4n) is 4.22. The van der Waals surface area contributed by atoms with Gasteiger partial charge in [0.25, 0.3) is 0 Å². The monoisotopic (exact) mass is 436 g/mol. The summed E-state index contributed by atoms with van der Waals surface area (Å²) < 4.78 is 17.5. The second-order valence-corrected chi connectivity index (χ2v) is 7.84. The summed E-state index contributed by atoms with van der Waals surface area (Å²) in [7, 11) is 1.37. The molecule has 6 heteroatoms. The lowest BCUT2D eigenvalue weighted by Crippen LogP contribution is -2.59. The van der Waals surface area contributed by atoms with Gasteiger partial charge in [0.15, 0.2) is 6.29 Å². The van der Waals surface area contributed by atoms with Crippen molar-refractivity contribution in [3.63, 3.8) is 0 Å². The lowest BCUT2D eigenvalue weighted by atomic mass is 9.80. The van der Waals surface area contributed by atoms with Crippen molar-refractivity contribution in [3.8, 4) is 0 Å². The Morgan fingerprint density at radius 1 is 0.688 bits per heavy atom. The van der Waals surface area contributed by atoms with Crippen LogP contribution in [-0.2, 0) is 19.8 Å². The first-order valence-corrected chi connectivity index (χ1v) is 10.6. The molecule has 0 aliphatic carbocycles. The van der Waals surface area contributed by atoms with Crippen molar-refractivity contribution in [2.75, 3.05) is 13.7 Å². The van der Waals surface area contributed by atoms with Crippen molar-refractivity contribution in [1.29, 1.82) is 0 Å². The zero-order valence-electron chi connectivity index (χ0n) is 17.8. The van der Waals surface area contributed by atoms with Crippen LogP contribution >= 0.6 is 0 Å². The summed E-state index contributed by atoms with van der Waals surface area (Å²) >= 11 is 0. The summed E-state index contributed by atoms with van der Waals surface area (Å²) in [5.41, 5.74) is 1.74. The van der Waals surface area contributed by atoms with Gasteiger partial charge in [-0.25, -0.2) is 0 Å². The number of aliphatic hydroxyl groups excluding tert-OH is 3. The molecule has 32 heavy (non-hydrogen) atoms. The molecule has 0 amide bonds. The number of aliphatic hydroxyl groups is 3. The highest BCUT2D eigenvalue weighted by Gasteiger charge is 2.46. The highest BCUT2D eigenvalue weighted by molar-refractivity contribution is 5.47. The summed E-state index contributed by atoms with van der Waals surface area (Å²) in [6.45, 7) is -0.0521. The SMILES string of the molecule is CO[C@H]1O[C@H](COC(c2ccccc2)(c2ccccc2)c2ccccc2)[C@H](O)[C@@H](O)[C@H]1O. The summed E-state index contributed by atoms with van der Waals surface area (Å²) in [5, 5.41) is 30.9. The second-order valence-electron chi connectivity index (χ2n) is 7.84. The molecule has 3 aromatic rings. The summed E-state index contributed by atoms with van der Waals surface area (Å²) in [6, 6.07) is 29.5. The zero-order valence-corrected chi connectivity index (χ0v) is 17.8. The van der Waals surface area contributed by atoms with E-state index in [0.717, 1.165) is 16.7 Å². The highest BCUT2D eigenvalue weighted by Crippen LogP contribution is 2.41. The van der Waals surface area contributed by atoms with E-state index in [-0.39, 0.29) is 6.61 Å². The molecular formula is C26H28O6. The topological polar surface area (TPSA) is 88.4 Å². The molecule has 5 atom stereocenters. The third-order valence-electron chi connectivity index (χ3n) is 5.91. The normalized spacial score (nSPS) is 26.1. The van der Waals surface area contributed by atoms with Crippen LogP contribution in [0.25, 0.3) is 0 Å². The van der Waals surface area contributed by atoms with Crippen LogP contribution in [0.2, 0.25) is 0 Å². The average molecular weight is 437 g/mol. The third-order valence-corrected chi connectivity index (χ3v) is 5.91. The molecule has 0 unspecified atom stereocenters. The highest BCUT2D eigenvalue weighted by atomic mass is 16.7. The smallest absolute Gasteiger partial charge is 0.186 e. The van der Waals surface area contributed by atoms with E-state index >= 15 is 0 Å². The quantitative estimate of drug-likeness (QED) is 0.493. The Labute approximate surface area is 187 Å². The van der Waals surface area contributed by atoms with Crippen LogP contribution < -0.4 is 0 Å². The van der Waals surface area contributed by atoms with Crippen LogP contribution in [0.1, 0.15) is 16.7 Å². The van der Waals surface area contributed by atoms with Gasteiger partial charge in [0.2, 0.25) is 0 Å². The first-order chi connectivity index (χ1) is 15.6. The van der Waals surface area contributed by atoms with Crippen LogP contribution in [0.3, 0.4) is 0 Å². The van der Waals surface area contributed by atoms with Gasteiger partial charge in [0.05, 0.1) is 6.61 Å². The minimum Gasteiger partial charge on any atom is -0.387 e.